The monoisotopic (exact) mass is 1000 g/mol. The number of rotatable bonds is 13. The molecule has 2 amide bonds. The van der Waals surface area contributed by atoms with Crippen LogP contribution in [-0.2, 0) is 34.5 Å². The van der Waals surface area contributed by atoms with Gasteiger partial charge in [0.15, 0.2) is 0 Å². The molecule has 6 N–H and O–H groups in total. The first kappa shape index (κ1) is 53.4. The van der Waals surface area contributed by atoms with Crippen molar-refractivity contribution >= 4 is 44.7 Å². The van der Waals surface area contributed by atoms with Crippen LogP contribution in [0.5, 0.6) is 0 Å². The average Bonchev–Trinajstić information content (AvgIpc) is 3.90. The first-order valence-electron chi connectivity index (χ1n) is 23.7. The van der Waals surface area contributed by atoms with Gasteiger partial charge in [0.25, 0.3) is 17.0 Å². The van der Waals surface area contributed by atoms with Crippen molar-refractivity contribution in [2.45, 2.75) is 96.6 Å². The zero-order valence-corrected chi connectivity index (χ0v) is 40.7. The molecule has 0 saturated carbocycles. The van der Waals surface area contributed by atoms with E-state index in [-0.39, 0.29) is 59.3 Å². The van der Waals surface area contributed by atoms with Gasteiger partial charge in [0.05, 0.1) is 35.3 Å². The Morgan fingerprint density at radius 1 is 0.625 bits per heavy atom. The highest BCUT2D eigenvalue weighted by molar-refractivity contribution is 6.04. The molecule has 384 valence electrons. The van der Waals surface area contributed by atoms with E-state index in [1.54, 1.807) is 58.8 Å². The number of fused-ring (bicyclic) bond motifs is 2. The Balaban J connectivity index is 0.000000211. The van der Waals surface area contributed by atoms with Gasteiger partial charge in [-0.1, -0.05) is 24.3 Å². The number of alkyl halides is 5. The molecule has 2 aromatic heterocycles. The third kappa shape index (κ3) is 12.4. The second-order valence-electron chi connectivity index (χ2n) is 19.3. The van der Waals surface area contributed by atoms with Gasteiger partial charge in [-0.3, -0.25) is 29.0 Å². The summed E-state index contributed by atoms with van der Waals surface area (Å²) < 4.78 is 96.7. The maximum absolute atomic E-state index is 14.1. The van der Waals surface area contributed by atoms with Gasteiger partial charge in [0, 0.05) is 91.2 Å². The van der Waals surface area contributed by atoms with Crippen molar-refractivity contribution in [2.24, 2.45) is 11.5 Å². The molecule has 4 heterocycles. The molecule has 0 radical (unpaired) electrons. The number of aromatic nitrogens is 2. The topological polar surface area (TPSA) is 161 Å². The van der Waals surface area contributed by atoms with E-state index in [1.165, 1.54) is 6.07 Å². The minimum atomic E-state index is -4.81. The zero-order chi connectivity index (χ0) is 52.4. The fraction of sp³-hybridized carbons (Fsp3) is 0.396. The molecule has 72 heavy (non-hydrogen) atoms. The molecule has 8 rings (SSSR count). The minimum absolute atomic E-state index is 0.0556. The molecular weight excluding hydrogens is 946 g/mol. The molecule has 0 unspecified atom stereocenters. The standard InChI is InChI=1S/C27H31F3N4O2.C26H28F4N4O2/c1-16-4-6-21-20(9-11-34(26(21)36)17(2)14-33-10-8-19(31)15-33)25(16)32-24(35)13-18-5-7-22(23(28)12-18)27(3,29)30;1-15-3-5-20-19(8-10-34(25(20)36)16(2)13-33-9-7-18(31)14-33)24(15)32-23(35)12-17-4-6-21(22(27)11-17)26(28,29)30/h4-7,9,11-12,17,19H,8,10,13-15,31H2,1-3H3,(H,32,35);3-6,8,10-11,16,18H,7,9,12-14,31H2,1-2H3,(H,32,35)/t17-,19-;16-,18+/m11/s1. The van der Waals surface area contributed by atoms with Crippen LogP contribution in [0.2, 0.25) is 0 Å². The lowest BCUT2D eigenvalue weighted by Crippen LogP contribution is -2.34. The summed E-state index contributed by atoms with van der Waals surface area (Å²) in [6.45, 7) is 13.0. The van der Waals surface area contributed by atoms with Crippen LogP contribution in [0.15, 0.2) is 94.8 Å². The van der Waals surface area contributed by atoms with E-state index in [2.05, 4.69) is 20.4 Å². The second-order valence-corrected chi connectivity index (χ2v) is 19.3. The van der Waals surface area contributed by atoms with Crippen molar-refractivity contribution in [3.05, 3.63) is 151 Å². The summed E-state index contributed by atoms with van der Waals surface area (Å²) in [5.74, 6) is -6.77. The molecule has 12 nitrogen and oxygen atoms in total. The molecule has 2 fully saturated rings. The van der Waals surface area contributed by atoms with Crippen LogP contribution >= 0.6 is 0 Å². The highest BCUT2D eigenvalue weighted by Gasteiger charge is 2.34. The second kappa shape index (κ2) is 21.7. The van der Waals surface area contributed by atoms with Crippen LogP contribution < -0.4 is 33.2 Å². The smallest absolute Gasteiger partial charge is 0.326 e. The van der Waals surface area contributed by atoms with Crippen LogP contribution in [-0.4, -0.2) is 82.1 Å². The van der Waals surface area contributed by atoms with Gasteiger partial charge in [-0.05, 0) is 124 Å². The molecule has 2 saturated heterocycles. The van der Waals surface area contributed by atoms with Gasteiger partial charge in [-0.15, -0.1) is 0 Å². The number of likely N-dealkylation sites (tertiary alicyclic amines) is 2. The summed E-state index contributed by atoms with van der Waals surface area (Å²) in [5.41, 5.74) is 12.3. The molecule has 19 heteroatoms. The van der Waals surface area contributed by atoms with E-state index in [1.807, 2.05) is 26.8 Å². The van der Waals surface area contributed by atoms with Crippen LogP contribution in [0.3, 0.4) is 0 Å². The summed E-state index contributed by atoms with van der Waals surface area (Å²) >= 11 is 0. The average molecular weight is 1010 g/mol. The predicted octanol–water partition coefficient (Wildman–Crippen LogP) is 8.58. The molecule has 4 aromatic carbocycles. The molecule has 6 aromatic rings. The third-order valence-corrected chi connectivity index (χ3v) is 13.4. The van der Waals surface area contributed by atoms with Crippen LogP contribution in [0.1, 0.15) is 79.1 Å². The SMILES string of the molecule is Cc1ccc2c(=O)n([C@H](C)CN3CC[C@@H](N)C3)ccc2c1NC(=O)Cc1ccc(C(C)(F)F)c(F)c1.Cc1ccc2c(=O)n([C@H](C)CN3CC[C@H](N)C3)ccc2c1NC(=O)Cc1ccc(C(F)(F)F)c(F)c1. The van der Waals surface area contributed by atoms with Crippen molar-refractivity contribution < 1.29 is 40.3 Å². The lowest BCUT2D eigenvalue weighted by atomic mass is 10.0. The van der Waals surface area contributed by atoms with E-state index < -0.39 is 46.7 Å². The van der Waals surface area contributed by atoms with E-state index >= 15 is 0 Å². The highest BCUT2D eigenvalue weighted by Crippen LogP contribution is 2.33. The Bertz CT molecular complexity index is 2910. The van der Waals surface area contributed by atoms with Crippen molar-refractivity contribution in [3.8, 4) is 0 Å². The van der Waals surface area contributed by atoms with Gasteiger partial charge in [0.1, 0.15) is 11.6 Å². The molecule has 0 aliphatic carbocycles. The normalized spacial score (nSPS) is 17.5. The minimum Gasteiger partial charge on any atom is -0.326 e. The number of carbonyl (C=O) groups excluding carboxylic acids is 2. The molecule has 2 aliphatic rings. The Hall–Kier alpha value is -6.41. The van der Waals surface area contributed by atoms with Crippen LogP contribution in [0, 0.1) is 25.5 Å². The zero-order valence-electron chi connectivity index (χ0n) is 40.7. The van der Waals surface area contributed by atoms with Crippen molar-refractivity contribution in [3.63, 3.8) is 0 Å². The molecule has 0 bridgehead atoms. The maximum Gasteiger partial charge on any atom is 0.419 e. The highest BCUT2D eigenvalue weighted by atomic mass is 19.4. The number of anilines is 2. The summed E-state index contributed by atoms with van der Waals surface area (Å²) in [6, 6.07) is 16.4. The van der Waals surface area contributed by atoms with Gasteiger partial charge < -0.3 is 31.2 Å². The largest absolute Gasteiger partial charge is 0.419 e. The number of hydrogen-bond acceptors (Lipinski definition) is 8. The maximum atomic E-state index is 14.1. The van der Waals surface area contributed by atoms with Gasteiger partial charge in [-0.2, -0.15) is 13.2 Å². The number of halogens is 7. The molecular formula is C53H59F7N8O4. The first-order valence-corrected chi connectivity index (χ1v) is 23.7. The number of nitrogens with one attached hydrogen (secondary N) is 2. The van der Waals surface area contributed by atoms with E-state index in [9.17, 15) is 49.9 Å². The lowest BCUT2D eigenvalue weighted by Gasteiger charge is -2.23. The number of nitrogens with zero attached hydrogens (tertiary/aromatic N) is 4. The van der Waals surface area contributed by atoms with E-state index in [0.717, 1.165) is 62.8 Å². The fourth-order valence-corrected chi connectivity index (χ4v) is 9.57. The summed E-state index contributed by atoms with van der Waals surface area (Å²) in [5, 5.41) is 7.65. The molecule has 4 atom stereocenters. The number of carbonyl (C=O) groups is 2. The number of benzene rings is 4. The number of pyridine rings is 2. The molecule has 2 aliphatic heterocycles. The van der Waals surface area contributed by atoms with Crippen molar-refractivity contribution in [1.82, 2.24) is 18.9 Å². The number of aryl methyl sites for hydroxylation is 2. The van der Waals surface area contributed by atoms with E-state index in [4.69, 9.17) is 11.5 Å². The van der Waals surface area contributed by atoms with Gasteiger partial charge >= 0.3 is 6.18 Å². The number of hydrogen-bond donors (Lipinski definition) is 4. The molecule has 0 spiro atoms. The van der Waals surface area contributed by atoms with E-state index in [0.29, 0.717) is 70.6 Å². The Labute approximate surface area is 411 Å². The van der Waals surface area contributed by atoms with Gasteiger partial charge in [-0.25, -0.2) is 17.6 Å². The van der Waals surface area contributed by atoms with Crippen LogP contribution in [0.4, 0.5) is 42.1 Å². The Morgan fingerprint density at radius 2 is 1.03 bits per heavy atom. The predicted molar refractivity (Wildman–Crippen MR) is 265 cm³/mol. The quantitative estimate of drug-likeness (QED) is 0.0838. The number of amides is 2. The summed E-state index contributed by atoms with van der Waals surface area (Å²) in [4.78, 5) is 56.5. The Kier molecular flexibility index (Phi) is 16.1. The number of nitrogens with two attached hydrogens (primary N) is 2. The van der Waals surface area contributed by atoms with Crippen molar-refractivity contribution in [1.29, 1.82) is 0 Å². The van der Waals surface area contributed by atoms with Crippen molar-refractivity contribution in [2.75, 3.05) is 49.9 Å². The summed E-state index contributed by atoms with van der Waals surface area (Å²) in [7, 11) is 0. The van der Waals surface area contributed by atoms with Crippen LogP contribution in [0.25, 0.3) is 21.5 Å². The van der Waals surface area contributed by atoms with Gasteiger partial charge in [0.2, 0.25) is 11.8 Å². The summed E-state index contributed by atoms with van der Waals surface area (Å²) in [6.07, 6.45) is -0.0164. The Morgan fingerprint density at radius 3 is 1.38 bits per heavy atom. The third-order valence-electron chi connectivity index (χ3n) is 13.4. The fourth-order valence-electron chi connectivity index (χ4n) is 9.57. The first-order chi connectivity index (χ1) is 33.9. The lowest BCUT2D eigenvalue weighted by molar-refractivity contribution is -0.140.